The van der Waals surface area contributed by atoms with Crippen LogP contribution in [0.1, 0.15) is 88.5 Å². The fraction of sp³-hybridized carbons (Fsp3) is 0.462. The van der Waals surface area contributed by atoms with Gasteiger partial charge in [-0.15, -0.1) is 0 Å². The van der Waals surface area contributed by atoms with Crippen LogP contribution in [0.4, 0.5) is 0 Å². The van der Waals surface area contributed by atoms with Crippen molar-refractivity contribution in [2.75, 3.05) is 0 Å². The van der Waals surface area contributed by atoms with Gasteiger partial charge in [0.05, 0.1) is 11.4 Å². The summed E-state index contributed by atoms with van der Waals surface area (Å²) < 4.78 is 0. The molecule has 0 saturated carbocycles. The third-order valence-corrected chi connectivity index (χ3v) is 5.23. The summed E-state index contributed by atoms with van der Waals surface area (Å²) in [6.45, 7) is 8.54. The SMILES string of the molecule is CCCCCc1ccc(/C(C)=N\N=C(\C)c2ccc(CCCCC)cc2)cc1. The van der Waals surface area contributed by atoms with Crippen molar-refractivity contribution in [2.45, 2.75) is 79.1 Å². The van der Waals surface area contributed by atoms with Crippen molar-refractivity contribution in [3.05, 3.63) is 70.8 Å². The number of hydrogen-bond acceptors (Lipinski definition) is 2. The van der Waals surface area contributed by atoms with Crippen molar-refractivity contribution in [2.24, 2.45) is 10.2 Å². The summed E-state index contributed by atoms with van der Waals surface area (Å²) in [6.07, 6.45) is 10.00. The predicted octanol–water partition coefficient (Wildman–Crippen LogP) is 7.39. The van der Waals surface area contributed by atoms with E-state index in [0.29, 0.717) is 0 Å². The molecule has 2 heteroatoms. The molecule has 150 valence electrons. The lowest BCUT2D eigenvalue weighted by molar-refractivity contribution is 0.717. The molecule has 0 radical (unpaired) electrons. The van der Waals surface area contributed by atoms with E-state index in [-0.39, 0.29) is 0 Å². The van der Waals surface area contributed by atoms with Crippen LogP contribution in [0.15, 0.2) is 58.7 Å². The maximum absolute atomic E-state index is 4.46. The van der Waals surface area contributed by atoms with Gasteiger partial charge in [-0.1, -0.05) is 88.1 Å². The number of unbranched alkanes of at least 4 members (excludes halogenated alkanes) is 4. The lowest BCUT2D eigenvalue weighted by atomic mass is 10.0. The van der Waals surface area contributed by atoms with Crippen LogP contribution >= 0.6 is 0 Å². The van der Waals surface area contributed by atoms with Gasteiger partial charge in [0.25, 0.3) is 0 Å². The van der Waals surface area contributed by atoms with Crippen LogP contribution in [0.5, 0.6) is 0 Å². The third-order valence-electron chi connectivity index (χ3n) is 5.23. The van der Waals surface area contributed by atoms with Crippen LogP contribution in [0.25, 0.3) is 0 Å². The molecule has 2 nitrogen and oxygen atoms in total. The van der Waals surface area contributed by atoms with E-state index in [0.717, 1.165) is 35.4 Å². The number of aryl methyl sites for hydroxylation is 2. The first kappa shape index (κ1) is 22.1. The Bertz CT molecular complexity index is 685. The summed E-state index contributed by atoms with van der Waals surface area (Å²) in [5.41, 5.74) is 7.00. The molecular weight excluding hydrogens is 340 g/mol. The van der Waals surface area contributed by atoms with E-state index in [1.807, 2.05) is 13.8 Å². The second-order valence-electron chi connectivity index (χ2n) is 7.68. The smallest absolute Gasteiger partial charge is 0.0671 e. The first-order chi connectivity index (χ1) is 13.6. The summed E-state index contributed by atoms with van der Waals surface area (Å²) in [7, 11) is 0. The van der Waals surface area contributed by atoms with Gasteiger partial charge in [-0.3, -0.25) is 0 Å². The Balaban J connectivity index is 1.97. The van der Waals surface area contributed by atoms with Gasteiger partial charge in [-0.2, -0.15) is 10.2 Å². The largest absolute Gasteiger partial charge is 0.155 e. The highest BCUT2D eigenvalue weighted by Crippen LogP contribution is 2.12. The van der Waals surface area contributed by atoms with E-state index >= 15 is 0 Å². The second kappa shape index (κ2) is 12.3. The topological polar surface area (TPSA) is 24.7 Å². The molecule has 0 fully saturated rings. The van der Waals surface area contributed by atoms with Crippen molar-refractivity contribution in [3.63, 3.8) is 0 Å². The minimum atomic E-state index is 0.954. The summed E-state index contributed by atoms with van der Waals surface area (Å²) in [5, 5.41) is 8.93. The molecule has 0 aliphatic rings. The molecule has 0 bridgehead atoms. The average Bonchev–Trinajstić information content (AvgIpc) is 2.73. The summed E-state index contributed by atoms with van der Waals surface area (Å²) in [5.74, 6) is 0. The number of benzene rings is 2. The monoisotopic (exact) mass is 376 g/mol. The zero-order valence-corrected chi connectivity index (χ0v) is 18.2. The Hall–Kier alpha value is -2.22. The Labute approximate surface area is 171 Å². The quantitative estimate of drug-likeness (QED) is 0.222. The van der Waals surface area contributed by atoms with Crippen molar-refractivity contribution < 1.29 is 0 Å². The minimum absolute atomic E-state index is 0.954. The van der Waals surface area contributed by atoms with Gasteiger partial charge in [-0.25, -0.2) is 0 Å². The van der Waals surface area contributed by atoms with Gasteiger partial charge in [0.15, 0.2) is 0 Å². The molecule has 0 aliphatic carbocycles. The molecular formula is C26H36N2. The molecule has 2 aromatic carbocycles. The molecule has 2 rings (SSSR count). The maximum atomic E-state index is 4.46. The fourth-order valence-electron chi connectivity index (χ4n) is 3.25. The standard InChI is InChI=1S/C26H36N2/c1-5-7-9-11-23-13-17-25(18-14-23)21(3)27-28-22(4)26-19-15-24(16-20-26)12-10-8-6-2/h13-20H,5-12H2,1-4H3/b27-21-,28-22-. The molecule has 2 aromatic rings. The number of nitrogens with zero attached hydrogens (tertiary/aromatic N) is 2. The average molecular weight is 377 g/mol. The highest BCUT2D eigenvalue weighted by Gasteiger charge is 2.01. The predicted molar refractivity (Wildman–Crippen MR) is 124 cm³/mol. The Morgan fingerprint density at radius 3 is 1.25 bits per heavy atom. The lowest BCUT2D eigenvalue weighted by Crippen LogP contribution is -1.98. The van der Waals surface area contributed by atoms with E-state index < -0.39 is 0 Å². The van der Waals surface area contributed by atoms with Crippen LogP contribution in [-0.2, 0) is 12.8 Å². The van der Waals surface area contributed by atoms with Gasteiger partial charge in [0.2, 0.25) is 0 Å². The first-order valence-corrected chi connectivity index (χ1v) is 10.9. The first-order valence-electron chi connectivity index (χ1n) is 10.9. The molecule has 0 amide bonds. The van der Waals surface area contributed by atoms with Crippen LogP contribution in [0, 0.1) is 0 Å². The molecule has 0 aliphatic heterocycles. The van der Waals surface area contributed by atoms with Gasteiger partial charge < -0.3 is 0 Å². The van der Waals surface area contributed by atoms with Crippen molar-refractivity contribution in [1.29, 1.82) is 0 Å². The lowest BCUT2D eigenvalue weighted by Gasteiger charge is -2.05. The summed E-state index contributed by atoms with van der Waals surface area (Å²) in [4.78, 5) is 0. The highest BCUT2D eigenvalue weighted by atomic mass is 15.2. The van der Waals surface area contributed by atoms with Gasteiger partial charge in [-0.05, 0) is 61.8 Å². The number of rotatable bonds is 11. The van der Waals surface area contributed by atoms with Crippen molar-refractivity contribution in [1.82, 2.24) is 0 Å². The molecule has 0 saturated heterocycles. The van der Waals surface area contributed by atoms with E-state index in [1.165, 1.54) is 49.7 Å². The Morgan fingerprint density at radius 2 is 0.929 bits per heavy atom. The molecule has 0 atom stereocenters. The normalized spacial score (nSPS) is 12.4. The van der Waals surface area contributed by atoms with E-state index in [2.05, 4.69) is 72.6 Å². The second-order valence-corrected chi connectivity index (χ2v) is 7.68. The van der Waals surface area contributed by atoms with Crippen LogP contribution in [0.3, 0.4) is 0 Å². The fourth-order valence-corrected chi connectivity index (χ4v) is 3.25. The van der Waals surface area contributed by atoms with E-state index in [4.69, 9.17) is 0 Å². The Morgan fingerprint density at radius 1 is 0.571 bits per heavy atom. The van der Waals surface area contributed by atoms with Gasteiger partial charge >= 0.3 is 0 Å². The molecule has 0 N–H and O–H groups in total. The highest BCUT2D eigenvalue weighted by molar-refractivity contribution is 6.01. The third kappa shape index (κ3) is 7.42. The summed E-state index contributed by atoms with van der Waals surface area (Å²) in [6, 6.07) is 17.5. The van der Waals surface area contributed by atoms with E-state index in [1.54, 1.807) is 0 Å². The zero-order chi connectivity index (χ0) is 20.2. The molecule has 28 heavy (non-hydrogen) atoms. The van der Waals surface area contributed by atoms with Crippen molar-refractivity contribution >= 4 is 11.4 Å². The van der Waals surface area contributed by atoms with Gasteiger partial charge in [0.1, 0.15) is 0 Å². The molecule has 0 aromatic heterocycles. The van der Waals surface area contributed by atoms with Gasteiger partial charge in [0, 0.05) is 0 Å². The molecule has 0 unspecified atom stereocenters. The minimum Gasteiger partial charge on any atom is -0.155 e. The zero-order valence-electron chi connectivity index (χ0n) is 18.2. The Kier molecular flexibility index (Phi) is 9.68. The van der Waals surface area contributed by atoms with E-state index in [9.17, 15) is 0 Å². The molecule has 0 spiro atoms. The number of hydrogen-bond donors (Lipinski definition) is 0. The van der Waals surface area contributed by atoms with Crippen LogP contribution in [0.2, 0.25) is 0 Å². The van der Waals surface area contributed by atoms with Crippen LogP contribution < -0.4 is 0 Å². The van der Waals surface area contributed by atoms with Crippen LogP contribution in [-0.4, -0.2) is 11.4 Å². The maximum Gasteiger partial charge on any atom is 0.0671 e. The molecule has 0 heterocycles. The van der Waals surface area contributed by atoms with Crippen molar-refractivity contribution in [3.8, 4) is 0 Å². The summed E-state index contributed by atoms with van der Waals surface area (Å²) >= 11 is 0.